The first-order valence-corrected chi connectivity index (χ1v) is 7.62. The topological polar surface area (TPSA) is 15.3 Å². The van der Waals surface area contributed by atoms with E-state index in [9.17, 15) is 0 Å². The molecule has 0 amide bonds. The lowest BCUT2D eigenvalue weighted by Gasteiger charge is -2.36. The minimum atomic E-state index is 0.571. The molecule has 1 aliphatic heterocycles. The summed E-state index contributed by atoms with van der Waals surface area (Å²) in [5.41, 5.74) is 2.66. The summed E-state index contributed by atoms with van der Waals surface area (Å²) in [4.78, 5) is 2.50. The van der Waals surface area contributed by atoms with Crippen LogP contribution in [0.4, 0.5) is 5.69 Å². The van der Waals surface area contributed by atoms with E-state index in [1.807, 2.05) is 0 Å². The SMILES string of the molecule is Cc1cc(N2CCCC(NC(C)C)C2)ccc1Br. The van der Waals surface area contributed by atoms with Gasteiger partial charge in [-0.1, -0.05) is 29.8 Å². The van der Waals surface area contributed by atoms with Crippen LogP contribution in [-0.4, -0.2) is 25.2 Å². The average Bonchev–Trinajstić information content (AvgIpc) is 2.32. The van der Waals surface area contributed by atoms with Crippen LogP contribution in [0.3, 0.4) is 0 Å². The van der Waals surface area contributed by atoms with Gasteiger partial charge in [-0.25, -0.2) is 0 Å². The lowest BCUT2D eigenvalue weighted by atomic mass is 10.0. The van der Waals surface area contributed by atoms with Crippen molar-refractivity contribution in [1.29, 1.82) is 0 Å². The maximum absolute atomic E-state index is 3.66. The molecule has 1 saturated heterocycles. The standard InChI is InChI=1S/C15H23BrN2/c1-11(2)17-13-5-4-8-18(10-13)14-6-7-15(16)12(3)9-14/h6-7,9,11,13,17H,4-5,8,10H2,1-3H3. The fraction of sp³-hybridized carbons (Fsp3) is 0.600. The second kappa shape index (κ2) is 6.07. The van der Waals surface area contributed by atoms with Crippen molar-refractivity contribution in [2.75, 3.05) is 18.0 Å². The first-order valence-electron chi connectivity index (χ1n) is 6.83. The van der Waals surface area contributed by atoms with Crippen LogP contribution in [0.5, 0.6) is 0 Å². The summed E-state index contributed by atoms with van der Waals surface area (Å²) in [5, 5.41) is 3.66. The van der Waals surface area contributed by atoms with Crippen molar-refractivity contribution in [2.45, 2.75) is 45.7 Å². The number of nitrogens with one attached hydrogen (secondary N) is 1. The molecule has 0 saturated carbocycles. The third-order valence-corrected chi connectivity index (χ3v) is 4.39. The normalized spacial score (nSPS) is 20.5. The molecule has 1 aromatic carbocycles. The second-order valence-electron chi connectivity index (χ2n) is 5.54. The quantitative estimate of drug-likeness (QED) is 0.915. The maximum Gasteiger partial charge on any atom is 0.0370 e. The number of nitrogens with zero attached hydrogens (tertiary/aromatic N) is 1. The summed E-state index contributed by atoms with van der Waals surface area (Å²) in [6, 6.07) is 7.85. The molecule has 1 fully saturated rings. The molecule has 2 rings (SSSR count). The molecule has 18 heavy (non-hydrogen) atoms. The van der Waals surface area contributed by atoms with E-state index < -0.39 is 0 Å². The van der Waals surface area contributed by atoms with Gasteiger partial charge in [0.05, 0.1) is 0 Å². The fourth-order valence-corrected chi connectivity index (χ4v) is 2.89. The van der Waals surface area contributed by atoms with Crippen molar-refractivity contribution in [2.24, 2.45) is 0 Å². The van der Waals surface area contributed by atoms with Gasteiger partial charge in [0.2, 0.25) is 0 Å². The van der Waals surface area contributed by atoms with E-state index in [1.54, 1.807) is 0 Å². The van der Waals surface area contributed by atoms with Crippen LogP contribution in [0, 0.1) is 6.92 Å². The number of benzene rings is 1. The number of rotatable bonds is 3. The number of aryl methyl sites for hydroxylation is 1. The Morgan fingerprint density at radius 3 is 2.83 bits per heavy atom. The van der Waals surface area contributed by atoms with Gasteiger partial charge in [0, 0.05) is 35.3 Å². The molecule has 1 N–H and O–H groups in total. The molecule has 1 atom stereocenters. The van der Waals surface area contributed by atoms with Gasteiger partial charge >= 0.3 is 0 Å². The lowest BCUT2D eigenvalue weighted by Crippen LogP contribution is -2.47. The summed E-state index contributed by atoms with van der Waals surface area (Å²) in [6.45, 7) is 8.91. The van der Waals surface area contributed by atoms with E-state index in [-0.39, 0.29) is 0 Å². The molecule has 0 radical (unpaired) electrons. The molecule has 100 valence electrons. The average molecular weight is 311 g/mol. The predicted octanol–water partition coefficient (Wildman–Crippen LogP) is 3.72. The Morgan fingerprint density at radius 2 is 2.17 bits per heavy atom. The molecule has 0 bridgehead atoms. The number of piperidine rings is 1. The second-order valence-corrected chi connectivity index (χ2v) is 6.39. The van der Waals surface area contributed by atoms with E-state index in [0.717, 1.165) is 6.54 Å². The zero-order valence-corrected chi connectivity index (χ0v) is 13.1. The van der Waals surface area contributed by atoms with E-state index in [4.69, 9.17) is 0 Å². The largest absolute Gasteiger partial charge is 0.370 e. The molecular formula is C15H23BrN2. The van der Waals surface area contributed by atoms with Gasteiger partial charge < -0.3 is 10.2 Å². The first kappa shape index (κ1) is 13.9. The Bertz CT molecular complexity index is 403. The van der Waals surface area contributed by atoms with Gasteiger partial charge in [-0.05, 0) is 43.5 Å². The highest BCUT2D eigenvalue weighted by Gasteiger charge is 2.20. The molecular weight excluding hydrogens is 288 g/mol. The molecule has 1 aliphatic rings. The third kappa shape index (κ3) is 3.48. The Morgan fingerprint density at radius 1 is 1.39 bits per heavy atom. The van der Waals surface area contributed by atoms with Crippen molar-refractivity contribution in [3.63, 3.8) is 0 Å². The van der Waals surface area contributed by atoms with Crippen LogP contribution in [0.2, 0.25) is 0 Å². The zero-order chi connectivity index (χ0) is 13.1. The Balaban J connectivity index is 2.05. The fourth-order valence-electron chi connectivity index (χ4n) is 2.64. The maximum atomic E-state index is 3.66. The lowest BCUT2D eigenvalue weighted by molar-refractivity contribution is 0.394. The van der Waals surface area contributed by atoms with Gasteiger partial charge in [0.15, 0.2) is 0 Å². The Hall–Kier alpha value is -0.540. The smallest absolute Gasteiger partial charge is 0.0370 e. The van der Waals surface area contributed by atoms with Gasteiger partial charge in [0.25, 0.3) is 0 Å². The van der Waals surface area contributed by atoms with Crippen LogP contribution in [0.25, 0.3) is 0 Å². The Kier molecular flexibility index (Phi) is 4.68. The Labute approximate surface area is 119 Å². The molecule has 1 heterocycles. The minimum absolute atomic E-state index is 0.571. The van der Waals surface area contributed by atoms with E-state index in [1.165, 1.54) is 35.1 Å². The highest BCUT2D eigenvalue weighted by Crippen LogP contribution is 2.25. The molecule has 0 spiro atoms. The van der Waals surface area contributed by atoms with Gasteiger partial charge in [0.1, 0.15) is 0 Å². The summed E-state index contributed by atoms with van der Waals surface area (Å²) in [6.07, 6.45) is 2.57. The summed E-state index contributed by atoms with van der Waals surface area (Å²) in [5.74, 6) is 0. The predicted molar refractivity (Wildman–Crippen MR) is 82.4 cm³/mol. The van der Waals surface area contributed by atoms with E-state index >= 15 is 0 Å². The van der Waals surface area contributed by atoms with Gasteiger partial charge in [-0.15, -0.1) is 0 Å². The molecule has 0 aromatic heterocycles. The molecule has 3 heteroatoms. The van der Waals surface area contributed by atoms with Crippen molar-refractivity contribution in [3.8, 4) is 0 Å². The monoisotopic (exact) mass is 310 g/mol. The molecule has 0 aliphatic carbocycles. The van der Waals surface area contributed by atoms with Crippen molar-refractivity contribution in [1.82, 2.24) is 5.32 Å². The number of hydrogen-bond acceptors (Lipinski definition) is 2. The summed E-state index contributed by atoms with van der Waals surface area (Å²) >= 11 is 3.57. The van der Waals surface area contributed by atoms with E-state index in [0.29, 0.717) is 12.1 Å². The van der Waals surface area contributed by atoms with E-state index in [2.05, 4.69) is 65.1 Å². The van der Waals surface area contributed by atoms with Crippen molar-refractivity contribution < 1.29 is 0 Å². The highest BCUT2D eigenvalue weighted by atomic mass is 79.9. The third-order valence-electron chi connectivity index (χ3n) is 3.50. The van der Waals surface area contributed by atoms with Crippen LogP contribution < -0.4 is 10.2 Å². The van der Waals surface area contributed by atoms with Crippen molar-refractivity contribution >= 4 is 21.6 Å². The van der Waals surface area contributed by atoms with Crippen LogP contribution >= 0.6 is 15.9 Å². The summed E-state index contributed by atoms with van der Waals surface area (Å²) < 4.78 is 1.19. The molecule has 1 unspecified atom stereocenters. The summed E-state index contributed by atoms with van der Waals surface area (Å²) in [7, 11) is 0. The van der Waals surface area contributed by atoms with Gasteiger partial charge in [-0.3, -0.25) is 0 Å². The van der Waals surface area contributed by atoms with Crippen LogP contribution in [-0.2, 0) is 0 Å². The molecule has 2 nitrogen and oxygen atoms in total. The first-order chi connectivity index (χ1) is 8.56. The number of anilines is 1. The van der Waals surface area contributed by atoms with Crippen LogP contribution in [0.15, 0.2) is 22.7 Å². The van der Waals surface area contributed by atoms with Crippen LogP contribution in [0.1, 0.15) is 32.3 Å². The minimum Gasteiger partial charge on any atom is -0.370 e. The van der Waals surface area contributed by atoms with Gasteiger partial charge in [-0.2, -0.15) is 0 Å². The number of halogens is 1. The highest BCUT2D eigenvalue weighted by molar-refractivity contribution is 9.10. The number of hydrogen-bond donors (Lipinski definition) is 1. The zero-order valence-electron chi connectivity index (χ0n) is 11.5. The molecule has 1 aromatic rings. The van der Waals surface area contributed by atoms with Crippen molar-refractivity contribution in [3.05, 3.63) is 28.2 Å².